The van der Waals surface area contributed by atoms with Crippen molar-refractivity contribution in [1.82, 2.24) is 25.0 Å². The molecule has 7 heteroatoms. The molecule has 0 N–H and O–H groups in total. The zero-order chi connectivity index (χ0) is 18.6. The zero-order valence-corrected chi connectivity index (χ0v) is 15.9. The molecule has 4 aromatic rings. The maximum atomic E-state index is 5.55. The normalized spacial score (nSPS) is 11.1. The van der Waals surface area contributed by atoms with Crippen LogP contribution >= 0.6 is 11.3 Å². The lowest BCUT2D eigenvalue weighted by atomic mass is 10.1. The van der Waals surface area contributed by atoms with Crippen LogP contribution in [-0.2, 0) is 6.54 Å². The Morgan fingerprint density at radius 3 is 2.59 bits per heavy atom. The number of ether oxygens (including phenoxy) is 1. The Kier molecular flexibility index (Phi) is 4.93. The third-order valence-electron chi connectivity index (χ3n) is 3.87. The third-order valence-corrected chi connectivity index (χ3v) is 4.64. The molecule has 0 bridgehead atoms. The van der Waals surface area contributed by atoms with Gasteiger partial charge in [0.1, 0.15) is 5.01 Å². The summed E-state index contributed by atoms with van der Waals surface area (Å²) >= 11 is 1.63. The minimum absolute atomic E-state index is 0.0768. The van der Waals surface area contributed by atoms with E-state index in [9.17, 15) is 0 Å². The second-order valence-electron chi connectivity index (χ2n) is 6.33. The number of rotatable bonds is 6. The van der Waals surface area contributed by atoms with Gasteiger partial charge in [0.15, 0.2) is 0 Å². The summed E-state index contributed by atoms with van der Waals surface area (Å²) in [6.45, 7) is 4.61. The molecule has 3 heterocycles. The zero-order valence-electron chi connectivity index (χ0n) is 15.1. The van der Waals surface area contributed by atoms with Crippen molar-refractivity contribution < 1.29 is 4.74 Å². The summed E-state index contributed by atoms with van der Waals surface area (Å²) in [7, 11) is 0. The van der Waals surface area contributed by atoms with Crippen molar-refractivity contribution in [3.63, 3.8) is 0 Å². The molecule has 0 aliphatic carbocycles. The first-order chi connectivity index (χ1) is 13.2. The smallest absolute Gasteiger partial charge is 0.233 e. The van der Waals surface area contributed by atoms with Gasteiger partial charge in [-0.05, 0) is 32.0 Å². The Bertz CT molecular complexity index is 1010. The molecule has 136 valence electrons. The Morgan fingerprint density at radius 2 is 1.89 bits per heavy atom. The van der Waals surface area contributed by atoms with E-state index >= 15 is 0 Å². The molecule has 0 fully saturated rings. The first kappa shape index (κ1) is 17.4. The summed E-state index contributed by atoms with van der Waals surface area (Å²) in [5, 5.41) is 16.1. The third kappa shape index (κ3) is 4.20. The monoisotopic (exact) mass is 377 g/mol. The van der Waals surface area contributed by atoms with Gasteiger partial charge >= 0.3 is 0 Å². The number of hydrogen-bond acceptors (Lipinski definition) is 6. The average Bonchev–Trinajstić information content (AvgIpc) is 3.35. The Hall–Kier alpha value is -3.06. The number of aromatic nitrogens is 5. The van der Waals surface area contributed by atoms with Crippen molar-refractivity contribution in [1.29, 1.82) is 0 Å². The minimum Gasteiger partial charge on any atom is -0.474 e. The van der Waals surface area contributed by atoms with Gasteiger partial charge in [0.25, 0.3) is 0 Å². The minimum atomic E-state index is 0.0768. The molecule has 0 spiro atoms. The van der Waals surface area contributed by atoms with E-state index in [0.29, 0.717) is 12.4 Å². The lowest BCUT2D eigenvalue weighted by Crippen LogP contribution is -2.07. The molecule has 0 saturated carbocycles. The average molecular weight is 377 g/mol. The second kappa shape index (κ2) is 7.67. The fourth-order valence-electron chi connectivity index (χ4n) is 2.69. The highest BCUT2D eigenvalue weighted by molar-refractivity contribution is 7.09. The Balaban J connectivity index is 1.55. The maximum absolute atomic E-state index is 5.55. The van der Waals surface area contributed by atoms with Crippen molar-refractivity contribution in [2.75, 3.05) is 0 Å². The van der Waals surface area contributed by atoms with Crippen molar-refractivity contribution in [3.05, 3.63) is 65.2 Å². The molecule has 6 nitrogen and oxygen atoms in total. The molecule has 0 aliphatic heterocycles. The predicted octanol–water partition coefficient (Wildman–Crippen LogP) is 4.30. The molecule has 4 rings (SSSR count). The SMILES string of the molecule is CC(C)Oc1ccc(-c2cccc(-c3ccn(Cc4nccs4)n3)c2)nn1. The highest BCUT2D eigenvalue weighted by Crippen LogP contribution is 2.25. The maximum Gasteiger partial charge on any atom is 0.233 e. The molecule has 0 aliphatic rings. The Labute approximate surface area is 161 Å². The molecule has 27 heavy (non-hydrogen) atoms. The molecule has 0 saturated heterocycles. The van der Waals surface area contributed by atoms with Crippen LogP contribution < -0.4 is 4.74 Å². The van der Waals surface area contributed by atoms with Crippen LogP contribution in [0.5, 0.6) is 5.88 Å². The molecular weight excluding hydrogens is 358 g/mol. The second-order valence-corrected chi connectivity index (χ2v) is 7.31. The van der Waals surface area contributed by atoms with E-state index in [1.807, 2.05) is 72.7 Å². The van der Waals surface area contributed by atoms with Crippen molar-refractivity contribution >= 4 is 11.3 Å². The van der Waals surface area contributed by atoms with Crippen LogP contribution in [0.1, 0.15) is 18.9 Å². The highest BCUT2D eigenvalue weighted by Gasteiger charge is 2.08. The number of thiazole rings is 1. The van der Waals surface area contributed by atoms with Crippen LogP contribution in [-0.4, -0.2) is 31.1 Å². The Morgan fingerprint density at radius 1 is 1.04 bits per heavy atom. The molecule has 0 unspecified atom stereocenters. The fraction of sp³-hybridized carbons (Fsp3) is 0.200. The van der Waals surface area contributed by atoms with Gasteiger partial charge in [0.2, 0.25) is 5.88 Å². The first-order valence-corrected chi connectivity index (χ1v) is 9.58. The van der Waals surface area contributed by atoms with Crippen molar-refractivity contribution in [2.45, 2.75) is 26.5 Å². The van der Waals surface area contributed by atoms with Gasteiger partial charge < -0.3 is 4.74 Å². The summed E-state index contributed by atoms with van der Waals surface area (Å²) < 4.78 is 7.45. The topological polar surface area (TPSA) is 65.7 Å². The van der Waals surface area contributed by atoms with Crippen LogP contribution in [0.25, 0.3) is 22.5 Å². The number of benzene rings is 1. The van der Waals surface area contributed by atoms with Crippen LogP contribution in [0.3, 0.4) is 0 Å². The highest BCUT2D eigenvalue weighted by atomic mass is 32.1. The van der Waals surface area contributed by atoms with Crippen molar-refractivity contribution in [3.8, 4) is 28.4 Å². The predicted molar refractivity (Wildman–Crippen MR) is 106 cm³/mol. The van der Waals surface area contributed by atoms with E-state index in [-0.39, 0.29) is 6.10 Å². The van der Waals surface area contributed by atoms with E-state index in [2.05, 4.69) is 26.3 Å². The van der Waals surface area contributed by atoms with Gasteiger partial charge in [0.05, 0.1) is 24.0 Å². The lowest BCUT2D eigenvalue weighted by molar-refractivity contribution is 0.230. The van der Waals surface area contributed by atoms with Crippen LogP contribution in [0.2, 0.25) is 0 Å². The van der Waals surface area contributed by atoms with Gasteiger partial charge in [-0.2, -0.15) is 5.10 Å². The largest absolute Gasteiger partial charge is 0.474 e. The molecule has 0 atom stereocenters. The van der Waals surface area contributed by atoms with Crippen molar-refractivity contribution in [2.24, 2.45) is 0 Å². The standard InChI is InChI=1S/C20H19N5OS/c1-14(2)26-19-7-6-17(22-23-19)15-4-3-5-16(12-15)18-8-10-25(24-18)13-20-21-9-11-27-20/h3-12,14H,13H2,1-2H3. The summed E-state index contributed by atoms with van der Waals surface area (Å²) in [4.78, 5) is 4.30. The van der Waals surface area contributed by atoms with Gasteiger partial charge in [-0.15, -0.1) is 21.5 Å². The van der Waals surface area contributed by atoms with Crippen LogP contribution in [0.4, 0.5) is 0 Å². The first-order valence-electron chi connectivity index (χ1n) is 8.70. The quantitative estimate of drug-likeness (QED) is 0.501. The lowest BCUT2D eigenvalue weighted by Gasteiger charge is -2.08. The summed E-state index contributed by atoms with van der Waals surface area (Å²) in [6.07, 6.45) is 3.86. The van der Waals surface area contributed by atoms with E-state index in [4.69, 9.17) is 4.74 Å². The van der Waals surface area contributed by atoms with E-state index in [0.717, 1.165) is 27.5 Å². The molecule has 0 radical (unpaired) electrons. The van der Waals surface area contributed by atoms with Gasteiger partial charge in [0, 0.05) is 35.0 Å². The van der Waals surface area contributed by atoms with Gasteiger partial charge in [-0.25, -0.2) is 4.98 Å². The molecule has 3 aromatic heterocycles. The summed E-state index contributed by atoms with van der Waals surface area (Å²) in [6, 6.07) is 13.9. The summed E-state index contributed by atoms with van der Waals surface area (Å²) in [5.74, 6) is 0.533. The number of nitrogens with zero attached hydrogens (tertiary/aromatic N) is 5. The van der Waals surface area contributed by atoms with E-state index in [1.54, 1.807) is 11.3 Å². The fourth-order valence-corrected chi connectivity index (χ4v) is 3.30. The van der Waals surface area contributed by atoms with E-state index < -0.39 is 0 Å². The van der Waals surface area contributed by atoms with Gasteiger partial charge in [-0.3, -0.25) is 4.68 Å². The van der Waals surface area contributed by atoms with E-state index in [1.165, 1.54) is 0 Å². The van der Waals surface area contributed by atoms with Crippen LogP contribution in [0.15, 0.2) is 60.2 Å². The van der Waals surface area contributed by atoms with Gasteiger partial charge in [-0.1, -0.05) is 18.2 Å². The number of hydrogen-bond donors (Lipinski definition) is 0. The molecule has 1 aromatic carbocycles. The molecular formula is C20H19N5OS. The molecule has 0 amide bonds. The van der Waals surface area contributed by atoms with Crippen LogP contribution in [0, 0.1) is 0 Å². The summed E-state index contributed by atoms with van der Waals surface area (Å²) in [5.41, 5.74) is 3.75.